The molecule has 0 atom stereocenters. The Labute approximate surface area is 185 Å². The minimum atomic E-state index is -1.26. The smallest absolute Gasteiger partial charge is 0.286 e. The molecule has 0 radical (unpaired) electrons. The average molecular weight is 464 g/mol. The van der Waals surface area contributed by atoms with E-state index < -0.39 is 11.9 Å². The van der Waals surface area contributed by atoms with Crippen molar-refractivity contribution >= 4 is 64.0 Å². The van der Waals surface area contributed by atoms with E-state index in [9.17, 15) is 19.5 Å². The summed E-state index contributed by atoms with van der Waals surface area (Å²) in [5.74, 6) is -1.80. The van der Waals surface area contributed by atoms with E-state index in [-0.39, 0.29) is 39.0 Å². The molecule has 2 amide bonds. The van der Waals surface area contributed by atoms with Gasteiger partial charge in [0.2, 0.25) is 5.91 Å². The van der Waals surface area contributed by atoms with Crippen LogP contribution in [0.5, 0.6) is 5.75 Å². The molecule has 0 fully saturated rings. The summed E-state index contributed by atoms with van der Waals surface area (Å²) in [6.07, 6.45) is 1.56. The van der Waals surface area contributed by atoms with E-state index in [1.165, 1.54) is 19.1 Å². The molecular weight excluding hydrogens is 451 g/mol. The molecule has 0 saturated heterocycles. The molecule has 30 heavy (non-hydrogen) atoms. The van der Waals surface area contributed by atoms with Crippen LogP contribution in [0.2, 0.25) is 10.0 Å². The van der Waals surface area contributed by atoms with Crippen molar-refractivity contribution in [1.29, 1.82) is 0 Å². The highest BCUT2D eigenvalue weighted by Gasteiger charge is 2.23. The van der Waals surface area contributed by atoms with Crippen molar-refractivity contribution in [3.05, 3.63) is 68.0 Å². The number of thioether (sulfide) groups is 1. The zero-order chi connectivity index (χ0) is 21.8. The van der Waals surface area contributed by atoms with Gasteiger partial charge in [0, 0.05) is 6.92 Å². The first-order chi connectivity index (χ1) is 14.2. The number of ether oxygens (including phenoxy) is 1. The molecule has 154 valence electrons. The van der Waals surface area contributed by atoms with Crippen LogP contribution in [-0.4, -0.2) is 23.0 Å². The summed E-state index contributed by atoms with van der Waals surface area (Å²) in [7, 11) is 0. The van der Waals surface area contributed by atoms with Gasteiger partial charge in [0.25, 0.3) is 5.91 Å². The normalized spacial score (nSPS) is 14.6. The number of amides is 2. The molecule has 7 nitrogen and oxygen atoms in total. The minimum absolute atomic E-state index is 0.0668. The number of hydrogen-bond donors (Lipinski definition) is 1. The minimum Gasteiger partial charge on any atom is -0.545 e. The van der Waals surface area contributed by atoms with Crippen LogP contribution in [0.3, 0.4) is 0 Å². The molecule has 0 saturated carbocycles. The first-order valence-corrected chi connectivity index (χ1v) is 10.0. The predicted octanol–water partition coefficient (Wildman–Crippen LogP) is 3.04. The maximum Gasteiger partial charge on any atom is 0.286 e. The first-order valence-electron chi connectivity index (χ1n) is 8.45. The average Bonchev–Trinajstić information content (AvgIpc) is 2.99. The molecule has 1 aliphatic rings. The van der Waals surface area contributed by atoms with Gasteiger partial charge in [0.1, 0.15) is 6.61 Å². The van der Waals surface area contributed by atoms with Crippen LogP contribution >= 0.6 is 35.0 Å². The monoisotopic (exact) mass is 463 g/mol. The molecule has 1 heterocycles. The number of hydrogen-bond acceptors (Lipinski definition) is 6. The summed E-state index contributed by atoms with van der Waals surface area (Å²) in [5, 5.41) is 13.9. The molecule has 1 aliphatic heterocycles. The highest BCUT2D eigenvalue weighted by molar-refractivity contribution is 8.18. The van der Waals surface area contributed by atoms with Gasteiger partial charge in [-0.3, -0.25) is 9.59 Å². The lowest BCUT2D eigenvalue weighted by atomic mass is 10.1. The fourth-order valence-electron chi connectivity index (χ4n) is 2.46. The van der Waals surface area contributed by atoms with Crippen molar-refractivity contribution < 1.29 is 24.2 Å². The Balaban J connectivity index is 1.72. The molecule has 10 heteroatoms. The van der Waals surface area contributed by atoms with Crippen molar-refractivity contribution in [2.75, 3.05) is 0 Å². The number of rotatable bonds is 5. The Morgan fingerprint density at radius 2 is 1.83 bits per heavy atom. The molecule has 3 rings (SSSR count). The van der Waals surface area contributed by atoms with Gasteiger partial charge in [0.15, 0.2) is 10.9 Å². The Hall–Kier alpha value is -2.81. The van der Waals surface area contributed by atoms with Gasteiger partial charge in [-0.1, -0.05) is 47.5 Å². The number of carbonyl (C=O) groups is 3. The third-order valence-corrected chi connectivity index (χ3v) is 5.26. The van der Waals surface area contributed by atoms with E-state index in [1.807, 2.05) is 0 Å². The van der Waals surface area contributed by atoms with E-state index in [0.29, 0.717) is 16.0 Å². The number of aliphatic imine (C=N–C) groups is 1. The molecule has 0 spiro atoms. The van der Waals surface area contributed by atoms with Crippen molar-refractivity contribution in [3.63, 3.8) is 0 Å². The highest BCUT2D eigenvalue weighted by atomic mass is 35.5. The van der Waals surface area contributed by atoms with Crippen molar-refractivity contribution in [1.82, 2.24) is 5.32 Å². The number of halogens is 2. The third kappa shape index (κ3) is 5.41. The van der Waals surface area contributed by atoms with Crippen LogP contribution in [0.1, 0.15) is 28.4 Å². The Kier molecular flexibility index (Phi) is 6.81. The zero-order valence-electron chi connectivity index (χ0n) is 15.4. The van der Waals surface area contributed by atoms with Crippen LogP contribution in [-0.2, 0) is 16.2 Å². The van der Waals surface area contributed by atoms with Gasteiger partial charge in [-0.05, 0) is 46.7 Å². The second-order valence-corrected chi connectivity index (χ2v) is 7.95. The summed E-state index contributed by atoms with van der Waals surface area (Å²) >= 11 is 13.6. The number of amidine groups is 1. The standard InChI is InChI=1S/C20H14Cl2N2O5S/c1-10(25)23-20-24-18(26)16(30-20)8-12-6-14(21)17(15(22)7-12)29-9-11-2-4-13(5-3-11)19(27)28/h2-8H,9H2,1H3,(H,27,28)(H,23,24,25,26)/p-1. The lowest BCUT2D eigenvalue weighted by Crippen LogP contribution is -2.23. The SMILES string of the molecule is CC(=O)NC1=NC(=O)C(=Cc2cc(Cl)c(OCc3ccc(C(=O)[O-])cc3)c(Cl)c2)S1. The van der Waals surface area contributed by atoms with Gasteiger partial charge in [-0.2, -0.15) is 4.99 Å². The fourth-order valence-corrected chi connectivity index (χ4v) is 3.93. The van der Waals surface area contributed by atoms with Crippen LogP contribution in [0.25, 0.3) is 6.08 Å². The second-order valence-electron chi connectivity index (χ2n) is 6.10. The van der Waals surface area contributed by atoms with Crippen LogP contribution in [0.4, 0.5) is 0 Å². The topological polar surface area (TPSA) is 108 Å². The number of aromatic carboxylic acids is 1. The Bertz CT molecular complexity index is 1070. The quantitative estimate of drug-likeness (QED) is 0.682. The van der Waals surface area contributed by atoms with Gasteiger partial charge in [-0.15, -0.1) is 0 Å². The van der Waals surface area contributed by atoms with Crippen molar-refractivity contribution in [2.24, 2.45) is 4.99 Å². The lowest BCUT2D eigenvalue weighted by molar-refractivity contribution is -0.255. The summed E-state index contributed by atoms with van der Waals surface area (Å²) in [4.78, 5) is 37.9. The van der Waals surface area contributed by atoms with Crippen molar-refractivity contribution in [2.45, 2.75) is 13.5 Å². The highest BCUT2D eigenvalue weighted by Crippen LogP contribution is 2.36. The summed E-state index contributed by atoms with van der Waals surface area (Å²) in [6.45, 7) is 1.45. The largest absolute Gasteiger partial charge is 0.545 e. The van der Waals surface area contributed by atoms with Gasteiger partial charge < -0.3 is 20.0 Å². The van der Waals surface area contributed by atoms with E-state index >= 15 is 0 Å². The summed E-state index contributed by atoms with van der Waals surface area (Å²) in [6, 6.07) is 9.20. The number of carboxylic acid groups (broad SMARTS) is 1. The van der Waals surface area contributed by atoms with Crippen LogP contribution in [0, 0.1) is 0 Å². The molecule has 2 aromatic rings. The van der Waals surface area contributed by atoms with E-state index in [2.05, 4.69) is 10.3 Å². The van der Waals surface area contributed by atoms with Gasteiger partial charge in [-0.25, -0.2) is 0 Å². The first kappa shape index (κ1) is 21.9. The van der Waals surface area contributed by atoms with E-state index in [0.717, 1.165) is 11.8 Å². The van der Waals surface area contributed by atoms with Crippen molar-refractivity contribution in [3.8, 4) is 5.75 Å². The number of nitrogens with one attached hydrogen (secondary N) is 1. The number of carboxylic acids is 1. The summed E-state index contributed by atoms with van der Waals surface area (Å²) in [5.41, 5.74) is 1.34. The second kappa shape index (κ2) is 9.34. The third-order valence-electron chi connectivity index (χ3n) is 3.79. The Morgan fingerprint density at radius 3 is 2.40 bits per heavy atom. The zero-order valence-corrected chi connectivity index (χ0v) is 17.7. The number of benzene rings is 2. The molecule has 0 aliphatic carbocycles. The molecule has 0 bridgehead atoms. The molecule has 2 aromatic carbocycles. The van der Waals surface area contributed by atoms with E-state index in [4.69, 9.17) is 27.9 Å². The van der Waals surface area contributed by atoms with E-state index in [1.54, 1.807) is 30.3 Å². The molecule has 0 aromatic heterocycles. The maximum absolute atomic E-state index is 12.0. The number of nitrogens with zero attached hydrogens (tertiary/aromatic N) is 1. The van der Waals surface area contributed by atoms with Gasteiger partial charge >= 0.3 is 0 Å². The Morgan fingerprint density at radius 1 is 1.20 bits per heavy atom. The predicted molar refractivity (Wildman–Crippen MR) is 113 cm³/mol. The van der Waals surface area contributed by atoms with Gasteiger partial charge in [0.05, 0.1) is 20.9 Å². The lowest BCUT2D eigenvalue weighted by Gasteiger charge is -2.12. The molecular formula is C20H13Cl2N2O5S-. The van der Waals surface area contributed by atoms with Crippen LogP contribution in [0.15, 0.2) is 46.3 Å². The summed E-state index contributed by atoms with van der Waals surface area (Å²) < 4.78 is 5.67. The molecule has 0 unspecified atom stereocenters. The molecule has 1 N–H and O–H groups in total. The number of carbonyl (C=O) groups excluding carboxylic acids is 3. The van der Waals surface area contributed by atoms with Crippen LogP contribution < -0.4 is 15.2 Å². The fraction of sp³-hybridized carbons (Fsp3) is 0.100. The maximum atomic E-state index is 12.0.